The van der Waals surface area contributed by atoms with Crippen molar-refractivity contribution in [1.82, 2.24) is 26.2 Å². The lowest BCUT2D eigenvalue weighted by Gasteiger charge is -2.41. The summed E-state index contributed by atoms with van der Waals surface area (Å²) in [6, 6.07) is -3.87. The Labute approximate surface area is 286 Å². The van der Waals surface area contributed by atoms with Gasteiger partial charge in [0, 0.05) is 31.2 Å². The predicted molar refractivity (Wildman–Crippen MR) is 184 cm³/mol. The first-order chi connectivity index (χ1) is 22.2. The van der Waals surface area contributed by atoms with E-state index in [1.165, 1.54) is 11.0 Å². The highest BCUT2D eigenvalue weighted by molar-refractivity contribution is 7.91. The largest absolute Gasteiger partial charge is 0.346 e. The van der Waals surface area contributed by atoms with Crippen molar-refractivity contribution >= 4 is 39.4 Å². The van der Waals surface area contributed by atoms with Gasteiger partial charge in [0.25, 0.3) is 5.91 Å². The van der Waals surface area contributed by atoms with Crippen molar-refractivity contribution in [1.29, 1.82) is 0 Å². The van der Waals surface area contributed by atoms with Gasteiger partial charge < -0.3 is 26.2 Å². The van der Waals surface area contributed by atoms with Gasteiger partial charge in [0.1, 0.15) is 12.1 Å². The van der Waals surface area contributed by atoms with Crippen LogP contribution in [0.3, 0.4) is 0 Å². The molecule has 2 saturated carbocycles. The second kappa shape index (κ2) is 14.6. The quantitative estimate of drug-likeness (QED) is 0.123. The fourth-order valence-corrected chi connectivity index (χ4v) is 9.15. The molecule has 0 spiro atoms. The Hall–Kier alpha value is -3.40. The van der Waals surface area contributed by atoms with Crippen LogP contribution in [0.2, 0.25) is 0 Å². The highest BCUT2D eigenvalue weighted by Gasteiger charge is 2.77. The Morgan fingerprint density at radius 3 is 2.23 bits per heavy atom. The van der Waals surface area contributed by atoms with Crippen molar-refractivity contribution < 1.29 is 32.4 Å². The van der Waals surface area contributed by atoms with Gasteiger partial charge in [-0.1, -0.05) is 73.8 Å². The summed E-state index contributed by atoms with van der Waals surface area (Å²) in [6.45, 7) is 16.9. The lowest BCUT2D eigenvalue weighted by molar-refractivity contribution is -0.145. The lowest BCUT2D eigenvalue weighted by atomic mass is 9.83. The average molecular weight is 690 g/mol. The highest BCUT2D eigenvalue weighted by Crippen LogP contribution is 2.74. The molecule has 1 heterocycles. The summed E-state index contributed by atoms with van der Waals surface area (Å²) in [5.41, 5.74) is -2.43. The van der Waals surface area contributed by atoms with Gasteiger partial charge in [0.2, 0.25) is 17.6 Å². The average Bonchev–Trinajstić information content (AvgIpc) is 3.25. The number of urea groups is 1. The molecule has 0 aromatic heterocycles. The van der Waals surface area contributed by atoms with E-state index in [9.17, 15) is 32.4 Å². The molecule has 3 rings (SSSR count). The number of Topliss-reactive ketones (excluding diaryl/α,β-unsaturated/α-hetero) is 1. The number of hydrogen-bond acceptors (Lipinski definition) is 7. The first kappa shape index (κ1) is 39.0. The normalized spacial score (nSPS) is 25.3. The fourth-order valence-electron chi connectivity index (χ4n) is 7.75. The molecular weight excluding hydrogens is 634 g/mol. The van der Waals surface area contributed by atoms with Crippen LogP contribution in [-0.4, -0.2) is 91.1 Å². The van der Waals surface area contributed by atoms with Crippen LogP contribution in [0.5, 0.6) is 0 Å². The number of nitrogens with one attached hydrogen (secondary N) is 4. The Bertz CT molecular complexity index is 1440. The van der Waals surface area contributed by atoms with Crippen LogP contribution in [0.25, 0.3) is 0 Å². The Balaban J connectivity index is 1.89. The zero-order valence-corrected chi connectivity index (χ0v) is 30.5. The summed E-state index contributed by atoms with van der Waals surface area (Å²) in [5.74, 6) is -0.768. The summed E-state index contributed by atoms with van der Waals surface area (Å²) < 4.78 is 25.3. The first-order valence-electron chi connectivity index (χ1n) is 17.0. The van der Waals surface area contributed by atoms with E-state index in [1.807, 2.05) is 41.5 Å². The summed E-state index contributed by atoms with van der Waals surface area (Å²) in [7, 11) is -3.40. The van der Waals surface area contributed by atoms with Gasteiger partial charge in [-0.15, -0.1) is 18.9 Å². The van der Waals surface area contributed by atoms with E-state index in [-0.39, 0.29) is 48.8 Å². The number of carbonyl (C=O) groups excluding carboxylic acids is 5. The van der Waals surface area contributed by atoms with Gasteiger partial charge in [-0.05, 0) is 35.5 Å². The number of amides is 5. The summed E-state index contributed by atoms with van der Waals surface area (Å²) in [5, 5.41) is 11.0. The van der Waals surface area contributed by atoms with E-state index >= 15 is 0 Å². The molecule has 5 amide bonds. The molecule has 5 atom stereocenters. The molecule has 3 fully saturated rings. The van der Waals surface area contributed by atoms with E-state index in [4.69, 9.17) is 6.42 Å². The topological polar surface area (TPSA) is 171 Å². The van der Waals surface area contributed by atoms with Gasteiger partial charge in [-0.3, -0.25) is 19.2 Å². The third-order valence-electron chi connectivity index (χ3n) is 10.9. The molecule has 1 saturated heterocycles. The maximum Gasteiger partial charge on any atom is 0.315 e. The number of rotatable bonds is 14. The van der Waals surface area contributed by atoms with Crippen molar-refractivity contribution in [3.8, 4) is 12.3 Å². The van der Waals surface area contributed by atoms with Gasteiger partial charge in [-0.2, -0.15) is 0 Å². The molecule has 48 heavy (non-hydrogen) atoms. The number of ketones is 1. The number of carbonyl (C=O) groups is 5. The van der Waals surface area contributed by atoms with Crippen LogP contribution in [0.15, 0.2) is 12.7 Å². The molecule has 13 heteroatoms. The van der Waals surface area contributed by atoms with Gasteiger partial charge in [-0.25, -0.2) is 13.2 Å². The van der Waals surface area contributed by atoms with Crippen LogP contribution in [0, 0.1) is 34.5 Å². The smallest absolute Gasteiger partial charge is 0.315 e. The minimum Gasteiger partial charge on any atom is -0.346 e. The molecule has 12 nitrogen and oxygen atoms in total. The van der Waals surface area contributed by atoms with Crippen LogP contribution in [0.4, 0.5) is 4.79 Å². The van der Waals surface area contributed by atoms with E-state index < -0.39 is 73.9 Å². The number of sulfone groups is 1. The molecule has 3 aliphatic rings. The zero-order chi connectivity index (χ0) is 36.3. The maximum atomic E-state index is 14.5. The standard InChI is InChI=1S/C35H55N5O7S/c1-10-13-17-23(25(41)29(43)36-20-11-2)37-28(42)24-26-33(7,8)34(26,9)21-40(24)30(44)27(32(4,5)6)38-31(45)39-35(18-15-14-16-19-35)22-48(46,47)12-3/h1,11,23-24,26-27H,2,12-22H2,3-9H3,(H,36,43)(H,37,42)(H2,38,39,45)/t23?,24?,26?,27-,34?/m1/s1. The zero-order valence-electron chi connectivity index (χ0n) is 29.7. The summed E-state index contributed by atoms with van der Waals surface area (Å²) in [4.78, 5) is 69.2. The molecule has 268 valence electrons. The second-order valence-electron chi connectivity index (χ2n) is 15.6. The molecule has 2 aliphatic carbocycles. The van der Waals surface area contributed by atoms with Crippen molar-refractivity contribution in [2.75, 3.05) is 24.6 Å². The Kier molecular flexibility index (Phi) is 11.9. The summed E-state index contributed by atoms with van der Waals surface area (Å²) in [6.07, 6.45) is 10.6. The van der Waals surface area contributed by atoms with Crippen molar-refractivity contribution in [2.45, 2.75) is 117 Å². The molecule has 4 unspecified atom stereocenters. The summed E-state index contributed by atoms with van der Waals surface area (Å²) >= 11 is 0. The number of terminal acetylenes is 1. The Morgan fingerprint density at radius 2 is 1.69 bits per heavy atom. The number of nitrogens with zero attached hydrogens (tertiary/aromatic N) is 1. The fraction of sp³-hybridized carbons (Fsp3) is 0.743. The minimum atomic E-state index is -3.40. The predicted octanol–water partition coefficient (Wildman–Crippen LogP) is 2.48. The van der Waals surface area contributed by atoms with Crippen LogP contribution in [0.1, 0.15) is 93.4 Å². The van der Waals surface area contributed by atoms with Crippen molar-refractivity contribution in [2.24, 2.45) is 22.2 Å². The van der Waals surface area contributed by atoms with Crippen LogP contribution < -0.4 is 21.3 Å². The van der Waals surface area contributed by atoms with E-state index in [0.717, 1.165) is 19.3 Å². The third kappa shape index (κ3) is 8.24. The molecule has 0 aromatic carbocycles. The van der Waals surface area contributed by atoms with Gasteiger partial charge in [0.15, 0.2) is 9.84 Å². The maximum absolute atomic E-state index is 14.5. The molecule has 0 aromatic rings. The Morgan fingerprint density at radius 1 is 1.06 bits per heavy atom. The third-order valence-corrected chi connectivity index (χ3v) is 12.8. The van der Waals surface area contributed by atoms with E-state index in [2.05, 4.69) is 33.8 Å². The van der Waals surface area contributed by atoms with E-state index in [1.54, 1.807) is 6.92 Å². The molecule has 4 N–H and O–H groups in total. The first-order valence-corrected chi connectivity index (χ1v) is 18.8. The molecule has 0 radical (unpaired) electrons. The molecule has 1 aliphatic heterocycles. The van der Waals surface area contributed by atoms with Crippen LogP contribution in [-0.2, 0) is 29.0 Å². The second-order valence-corrected chi connectivity index (χ2v) is 18.0. The van der Waals surface area contributed by atoms with Crippen molar-refractivity contribution in [3.63, 3.8) is 0 Å². The lowest BCUT2D eigenvalue weighted by Crippen LogP contribution is -2.64. The van der Waals surface area contributed by atoms with Gasteiger partial charge >= 0.3 is 6.03 Å². The van der Waals surface area contributed by atoms with E-state index in [0.29, 0.717) is 12.8 Å². The number of fused-ring (bicyclic) bond motifs is 1. The number of hydrogen-bond donors (Lipinski definition) is 4. The van der Waals surface area contributed by atoms with Crippen LogP contribution >= 0.6 is 0 Å². The number of likely N-dealkylation sites (tertiary alicyclic amines) is 1. The SMILES string of the molecule is C#CCCC(NC(=O)C1C2C(C)(C)C2(C)CN1C(=O)[C@@H](NC(=O)NC1(CS(=O)(=O)CC)CCCCC1)C(C)(C)C)C(=O)C(=O)NCC=C. The molecular formula is C35H55N5O7S. The molecule has 0 bridgehead atoms. The minimum absolute atomic E-state index is 0.0372. The monoisotopic (exact) mass is 689 g/mol. The number of piperidine rings is 1. The highest BCUT2D eigenvalue weighted by atomic mass is 32.2. The van der Waals surface area contributed by atoms with Crippen molar-refractivity contribution in [3.05, 3.63) is 12.7 Å². The van der Waals surface area contributed by atoms with Gasteiger partial charge in [0.05, 0.1) is 17.3 Å².